The molecule has 6 nitrogen and oxygen atoms in total. The third kappa shape index (κ3) is 16.1. The number of aromatic hydroxyl groups is 1. The third-order valence-electron chi connectivity index (χ3n) is 7.74. The van der Waals surface area contributed by atoms with Crippen molar-refractivity contribution in [3.05, 3.63) is 52.4 Å². The molecule has 0 atom stereocenters. The van der Waals surface area contributed by atoms with Crippen LogP contribution in [0.15, 0.2) is 41.3 Å². The van der Waals surface area contributed by atoms with Gasteiger partial charge in [-0.15, -0.1) is 0 Å². The molecule has 0 aliphatic carbocycles. The number of phenolic OH excluding ortho intramolecular Hbond substituents is 1. The molecule has 0 unspecified atom stereocenters. The quantitative estimate of drug-likeness (QED) is 0.118. The highest BCUT2D eigenvalue weighted by molar-refractivity contribution is 5.40. The Balaban J connectivity index is 1.66. The van der Waals surface area contributed by atoms with Crippen LogP contribution >= 0.6 is 0 Å². The standard InChI is InChI=1S/C35H59N3O3/c1-4-5-6-7-8-9-10-11-12-13-14-15-16-17-18-19-27-41-35-30-38(31-21-23-33(39)24-22-31)32(28-34(35)40)29-36-25-20-26-37(2)3/h21-24,28,30,36,39H,4-20,25-27,29H2,1-3H3. The molecule has 2 N–H and O–H groups in total. The van der Waals surface area contributed by atoms with E-state index in [0.29, 0.717) is 18.9 Å². The number of nitrogens with zero attached hydrogens (tertiary/aromatic N) is 2. The Bertz CT molecular complexity index is 972. The van der Waals surface area contributed by atoms with Crippen LogP contribution in [0.1, 0.15) is 122 Å². The summed E-state index contributed by atoms with van der Waals surface area (Å²) in [5, 5.41) is 13.2. The molecular weight excluding hydrogens is 510 g/mol. The second-order valence-electron chi connectivity index (χ2n) is 11.9. The van der Waals surface area contributed by atoms with Crippen LogP contribution in [0, 0.1) is 0 Å². The van der Waals surface area contributed by atoms with E-state index in [9.17, 15) is 9.90 Å². The maximum absolute atomic E-state index is 12.8. The summed E-state index contributed by atoms with van der Waals surface area (Å²) >= 11 is 0. The molecule has 0 bridgehead atoms. The SMILES string of the molecule is CCCCCCCCCCCCCCCCCCOc1cn(-c2ccc(O)cc2)c(CNCCCN(C)C)cc1=O. The van der Waals surface area contributed by atoms with Crippen LogP contribution in [0.5, 0.6) is 11.5 Å². The van der Waals surface area contributed by atoms with Crippen LogP contribution in [0.4, 0.5) is 0 Å². The van der Waals surface area contributed by atoms with Crippen LogP contribution in [0.25, 0.3) is 5.69 Å². The van der Waals surface area contributed by atoms with Crippen molar-refractivity contribution in [3.63, 3.8) is 0 Å². The van der Waals surface area contributed by atoms with Gasteiger partial charge in [0.2, 0.25) is 5.43 Å². The predicted molar refractivity (Wildman–Crippen MR) is 174 cm³/mol. The van der Waals surface area contributed by atoms with Gasteiger partial charge in [0.05, 0.1) is 12.8 Å². The van der Waals surface area contributed by atoms with Crippen molar-refractivity contribution in [2.45, 2.75) is 123 Å². The molecule has 0 aliphatic rings. The number of benzene rings is 1. The van der Waals surface area contributed by atoms with Crippen molar-refractivity contribution in [1.82, 2.24) is 14.8 Å². The molecule has 0 spiro atoms. The minimum Gasteiger partial charge on any atom is -0.508 e. The number of phenols is 1. The summed E-state index contributed by atoms with van der Waals surface area (Å²) in [6.45, 7) is 5.32. The highest BCUT2D eigenvalue weighted by atomic mass is 16.5. The van der Waals surface area contributed by atoms with E-state index in [-0.39, 0.29) is 11.2 Å². The van der Waals surface area contributed by atoms with Gasteiger partial charge in [-0.3, -0.25) is 4.79 Å². The van der Waals surface area contributed by atoms with Gasteiger partial charge in [-0.05, 0) is 64.3 Å². The molecule has 0 radical (unpaired) electrons. The Hall–Kier alpha value is -2.31. The Morgan fingerprint density at radius 3 is 1.85 bits per heavy atom. The summed E-state index contributed by atoms with van der Waals surface area (Å²) in [5.41, 5.74) is 1.68. The van der Waals surface area contributed by atoms with Gasteiger partial charge in [0.15, 0.2) is 5.75 Å². The normalized spacial score (nSPS) is 11.4. The molecule has 6 heteroatoms. The Labute approximate surface area is 250 Å². The molecule has 2 rings (SSSR count). The van der Waals surface area contributed by atoms with E-state index in [1.165, 1.54) is 89.9 Å². The monoisotopic (exact) mass is 569 g/mol. The molecular formula is C35H59N3O3. The predicted octanol–water partition coefficient (Wildman–Crippen LogP) is 8.22. The smallest absolute Gasteiger partial charge is 0.223 e. The fraction of sp³-hybridized carbons (Fsp3) is 0.686. The van der Waals surface area contributed by atoms with Crippen molar-refractivity contribution in [2.75, 3.05) is 33.8 Å². The lowest BCUT2D eigenvalue weighted by Gasteiger charge is -2.17. The van der Waals surface area contributed by atoms with Crippen molar-refractivity contribution in [3.8, 4) is 17.2 Å². The summed E-state index contributed by atoms with van der Waals surface area (Å²) in [7, 11) is 4.14. The van der Waals surface area contributed by atoms with E-state index in [4.69, 9.17) is 4.74 Å². The first-order valence-corrected chi connectivity index (χ1v) is 16.5. The molecule has 0 saturated heterocycles. The maximum Gasteiger partial charge on any atom is 0.223 e. The molecule has 0 saturated carbocycles. The first-order valence-electron chi connectivity index (χ1n) is 16.5. The maximum atomic E-state index is 12.8. The zero-order valence-electron chi connectivity index (χ0n) is 26.5. The minimum atomic E-state index is -0.0818. The fourth-order valence-electron chi connectivity index (χ4n) is 5.22. The topological polar surface area (TPSA) is 66.7 Å². The van der Waals surface area contributed by atoms with Crippen LogP contribution in [-0.2, 0) is 6.54 Å². The van der Waals surface area contributed by atoms with E-state index in [0.717, 1.165) is 43.7 Å². The van der Waals surface area contributed by atoms with Gasteiger partial charge >= 0.3 is 0 Å². The van der Waals surface area contributed by atoms with Crippen molar-refractivity contribution < 1.29 is 9.84 Å². The molecule has 2 aromatic rings. The molecule has 1 aromatic carbocycles. The summed E-state index contributed by atoms with van der Waals surface area (Å²) in [4.78, 5) is 15.0. The first kappa shape index (κ1) is 34.9. The van der Waals surface area contributed by atoms with Gasteiger partial charge in [-0.2, -0.15) is 0 Å². The molecule has 0 fully saturated rings. The van der Waals surface area contributed by atoms with Gasteiger partial charge in [0.1, 0.15) is 5.75 Å². The van der Waals surface area contributed by atoms with Crippen LogP contribution < -0.4 is 15.5 Å². The molecule has 41 heavy (non-hydrogen) atoms. The molecule has 0 amide bonds. The number of pyridine rings is 1. The molecule has 1 aromatic heterocycles. The number of ether oxygens (including phenoxy) is 1. The number of unbranched alkanes of at least 4 members (excludes halogenated alkanes) is 15. The fourth-order valence-corrected chi connectivity index (χ4v) is 5.22. The third-order valence-corrected chi connectivity index (χ3v) is 7.74. The number of hydrogen-bond acceptors (Lipinski definition) is 5. The van der Waals surface area contributed by atoms with Crippen molar-refractivity contribution >= 4 is 0 Å². The highest BCUT2D eigenvalue weighted by Crippen LogP contribution is 2.19. The number of hydrogen-bond donors (Lipinski definition) is 2. The van der Waals surface area contributed by atoms with Crippen LogP contribution in [0.2, 0.25) is 0 Å². The van der Waals surface area contributed by atoms with Gasteiger partial charge in [-0.25, -0.2) is 0 Å². The van der Waals surface area contributed by atoms with Crippen LogP contribution in [0.3, 0.4) is 0 Å². The average Bonchev–Trinajstić information content (AvgIpc) is 2.95. The Kier molecular flexibility index (Phi) is 19.0. The van der Waals surface area contributed by atoms with Gasteiger partial charge in [0.25, 0.3) is 0 Å². The summed E-state index contributed by atoms with van der Waals surface area (Å²) in [6, 6.07) is 8.72. The van der Waals surface area contributed by atoms with E-state index in [2.05, 4.69) is 31.2 Å². The highest BCUT2D eigenvalue weighted by Gasteiger charge is 2.10. The van der Waals surface area contributed by atoms with E-state index < -0.39 is 0 Å². The van der Waals surface area contributed by atoms with Gasteiger partial charge in [-0.1, -0.05) is 103 Å². The lowest BCUT2D eigenvalue weighted by Crippen LogP contribution is -2.24. The zero-order chi connectivity index (χ0) is 29.5. The second kappa shape index (κ2) is 22.3. The van der Waals surface area contributed by atoms with Crippen molar-refractivity contribution in [1.29, 1.82) is 0 Å². The van der Waals surface area contributed by atoms with Gasteiger partial charge in [0, 0.05) is 24.0 Å². The Morgan fingerprint density at radius 2 is 1.32 bits per heavy atom. The Morgan fingerprint density at radius 1 is 0.780 bits per heavy atom. The summed E-state index contributed by atoms with van der Waals surface area (Å²) < 4.78 is 7.95. The number of aromatic nitrogens is 1. The number of rotatable bonds is 25. The molecule has 1 heterocycles. The average molecular weight is 570 g/mol. The zero-order valence-corrected chi connectivity index (χ0v) is 26.5. The van der Waals surface area contributed by atoms with Gasteiger partial charge < -0.3 is 24.6 Å². The first-order chi connectivity index (χ1) is 20.0. The molecule has 0 aliphatic heterocycles. The second-order valence-corrected chi connectivity index (χ2v) is 11.9. The van der Waals surface area contributed by atoms with E-state index in [1.54, 1.807) is 24.4 Å². The molecule has 232 valence electrons. The number of nitrogens with one attached hydrogen (secondary N) is 1. The van der Waals surface area contributed by atoms with Crippen LogP contribution in [-0.4, -0.2) is 48.4 Å². The van der Waals surface area contributed by atoms with E-state index >= 15 is 0 Å². The largest absolute Gasteiger partial charge is 0.508 e. The van der Waals surface area contributed by atoms with Crippen molar-refractivity contribution in [2.24, 2.45) is 0 Å². The van der Waals surface area contributed by atoms with E-state index in [1.807, 2.05) is 16.7 Å². The minimum absolute atomic E-state index is 0.0818. The summed E-state index contributed by atoms with van der Waals surface area (Å²) in [6.07, 6.45) is 24.2. The lowest BCUT2D eigenvalue weighted by atomic mass is 10.0. The lowest BCUT2D eigenvalue weighted by molar-refractivity contribution is 0.299. The summed E-state index contributed by atoms with van der Waals surface area (Å²) in [5.74, 6) is 0.605.